The van der Waals surface area contributed by atoms with Gasteiger partial charge in [0.15, 0.2) is 0 Å². The van der Waals surface area contributed by atoms with Crippen LogP contribution in [-0.2, 0) is 18.3 Å². The summed E-state index contributed by atoms with van der Waals surface area (Å²) in [6, 6.07) is 9.66. The predicted octanol–water partition coefficient (Wildman–Crippen LogP) is 3.12. The molecular weight excluding hydrogens is 368 g/mol. The quantitative estimate of drug-likeness (QED) is 0.863. The van der Waals surface area contributed by atoms with Gasteiger partial charge in [-0.15, -0.1) is 0 Å². The number of hydrogen-bond acceptors (Lipinski definition) is 3. The summed E-state index contributed by atoms with van der Waals surface area (Å²) < 4.78 is 2.15. The zero-order chi connectivity index (χ0) is 20.5. The number of nitrogens with zero attached hydrogens (tertiary/aromatic N) is 4. The molecule has 0 bridgehead atoms. The number of nitriles is 1. The van der Waals surface area contributed by atoms with E-state index in [1.807, 2.05) is 30.1 Å². The molecule has 3 heterocycles. The Morgan fingerprint density at radius 3 is 2.69 bits per heavy atom. The second-order valence-electron chi connectivity index (χ2n) is 8.08. The molecule has 2 aromatic rings. The van der Waals surface area contributed by atoms with E-state index < -0.39 is 12.1 Å². The molecule has 7 heteroatoms. The Balaban J connectivity index is 1.46. The van der Waals surface area contributed by atoms with Gasteiger partial charge in [0.25, 0.3) is 0 Å². The highest BCUT2D eigenvalue weighted by Crippen LogP contribution is 2.28. The maximum atomic E-state index is 13.0. The molecule has 2 amide bonds. The van der Waals surface area contributed by atoms with E-state index in [0.29, 0.717) is 25.1 Å². The molecule has 0 spiro atoms. The topological polar surface area (TPSA) is 89.6 Å². The van der Waals surface area contributed by atoms with Gasteiger partial charge in [0, 0.05) is 42.8 Å². The van der Waals surface area contributed by atoms with Crippen LogP contribution in [0.3, 0.4) is 0 Å². The third-order valence-electron chi connectivity index (χ3n) is 6.45. The average molecular weight is 394 g/mol. The average Bonchev–Trinajstić information content (AvgIpc) is 3.44. The Labute approximate surface area is 170 Å². The van der Waals surface area contributed by atoms with E-state index in [2.05, 4.69) is 16.7 Å². The SMILES string of the molecule is Cn1c(CC[C@@H]2CCCN2C(=O)[C@H]2CCCN2C(=O)O)cc2cc(C#N)ccc21. The van der Waals surface area contributed by atoms with Crippen molar-refractivity contribution in [3.05, 3.63) is 35.5 Å². The first-order chi connectivity index (χ1) is 14.0. The number of carboxylic acid groups (broad SMARTS) is 1. The lowest BCUT2D eigenvalue weighted by Crippen LogP contribution is -2.49. The van der Waals surface area contributed by atoms with Gasteiger partial charge < -0.3 is 14.6 Å². The van der Waals surface area contributed by atoms with Gasteiger partial charge in [-0.3, -0.25) is 9.69 Å². The Kier molecular flexibility index (Phi) is 5.18. The summed E-state index contributed by atoms with van der Waals surface area (Å²) in [6.07, 6.45) is 4.02. The monoisotopic (exact) mass is 394 g/mol. The standard InChI is InChI=1S/C22H26N4O3/c1-24-18(13-16-12-15(14-23)6-9-19(16)24)8-7-17-4-2-10-25(17)21(27)20-5-3-11-26(20)22(28)29/h6,9,12-13,17,20H,2-5,7-8,10-11H2,1H3,(H,28,29)/t17-,20+/m0/s1. The second-order valence-corrected chi connectivity index (χ2v) is 8.08. The summed E-state index contributed by atoms with van der Waals surface area (Å²) in [5.74, 6) is -0.0249. The Morgan fingerprint density at radius 2 is 1.93 bits per heavy atom. The van der Waals surface area contributed by atoms with Crippen molar-refractivity contribution >= 4 is 22.9 Å². The molecule has 152 valence electrons. The van der Waals surface area contributed by atoms with Crippen LogP contribution in [0.1, 0.15) is 43.4 Å². The normalized spacial score (nSPS) is 21.7. The fraction of sp³-hybridized carbons (Fsp3) is 0.500. The van der Waals surface area contributed by atoms with Crippen molar-refractivity contribution < 1.29 is 14.7 Å². The molecule has 1 N–H and O–H groups in total. The summed E-state index contributed by atoms with van der Waals surface area (Å²) in [7, 11) is 2.03. The van der Waals surface area contributed by atoms with Crippen LogP contribution in [0.15, 0.2) is 24.3 Å². The molecule has 2 aliphatic rings. The zero-order valence-corrected chi connectivity index (χ0v) is 16.7. The summed E-state index contributed by atoms with van der Waals surface area (Å²) >= 11 is 0. The molecule has 2 saturated heterocycles. The van der Waals surface area contributed by atoms with Gasteiger partial charge in [0.05, 0.1) is 11.6 Å². The molecule has 2 atom stereocenters. The van der Waals surface area contributed by atoms with Gasteiger partial charge in [-0.05, 0) is 62.8 Å². The molecule has 0 unspecified atom stereocenters. The highest BCUT2D eigenvalue weighted by molar-refractivity contribution is 5.86. The summed E-state index contributed by atoms with van der Waals surface area (Å²) in [5, 5.41) is 19.5. The summed E-state index contributed by atoms with van der Waals surface area (Å²) in [5.41, 5.74) is 2.94. The van der Waals surface area contributed by atoms with Crippen molar-refractivity contribution in [2.75, 3.05) is 13.1 Å². The number of hydrogen-bond donors (Lipinski definition) is 1. The van der Waals surface area contributed by atoms with Crippen LogP contribution in [-0.4, -0.2) is 56.6 Å². The first kappa shape index (κ1) is 19.3. The maximum absolute atomic E-state index is 13.0. The van der Waals surface area contributed by atoms with Gasteiger partial charge >= 0.3 is 6.09 Å². The van der Waals surface area contributed by atoms with Crippen LogP contribution < -0.4 is 0 Å². The Bertz CT molecular complexity index is 990. The fourth-order valence-corrected chi connectivity index (χ4v) is 4.90. The molecular formula is C22H26N4O3. The summed E-state index contributed by atoms with van der Waals surface area (Å²) in [4.78, 5) is 27.7. The van der Waals surface area contributed by atoms with Crippen LogP contribution in [0.25, 0.3) is 10.9 Å². The maximum Gasteiger partial charge on any atom is 0.407 e. The van der Waals surface area contributed by atoms with Crippen LogP contribution in [0.4, 0.5) is 4.79 Å². The smallest absolute Gasteiger partial charge is 0.407 e. The van der Waals surface area contributed by atoms with Crippen LogP contribution in [0.5, 0.6) is 0 Å². The molecule has 2 aliphatic heterocycles. The molecule has 7 nitrogen and oxygen atoms in total. The van der Waals surface area contributed by atoms with E-state index in [0.717, 1.165) is 43.0 Å². The molecule has 1 aromatic carbocycles. The Hall–Kier alpha value is -3.01. The highest BCUT2D eigenvalue weighted by Gasteiger charge is 2.39. The number of fused-ring (bicyclic) bond motifs is 1. The minimum absolute atomic E-state index is 0.0249. The molecule has 0 radical (unpaired) electrons. The van der Waals surface area contributed by atoms with Gasteiger partial charge in [-0.2, -0.15) is 5.26 Å². The van der Waals surface area contributed by atoms with Crippen molar-refractivity contribution in [3.63, 3.8) is 0 Å². The molecule has 0 saturated carbocycles. The molecule has 29 heavy (non-hydrogen) atoms. The molecule has 4 rings (SSSR count). The third-order valence-corrected chi connectivity index (χ3v) is 6.45. The molecule has 2 fully saturated rings. The number of aromatic nitrogens is 1. The minimum atomic E-state index is -0.996. The van der Waals surface area contributed by atoms with E-state index >= 15 is 0 Å². The number of carbonyl (C=O) groups excluding carboxylic acids is 1. The lowest BCUT2D eigenvalue weighted by molar-refractivity contribution is -0.136. The number of amides is 2. The van der Waals surface area contributed by atoms with Gasteiger partial charge in [0.2, 0.25) is 5.91 Å². The van der Waals surface area contributed by atoms with E-state index in [4.69, 9.17) is 5.26 Å². The van der Waals surface area contributed by atoms with Crippen LogP contribution >= 0.6 is 0 Å². The minimum Gasteiger partial charge on any atom is -0.465 e. The van der Waals surface area contributed by atoms with Crippen molar-refractivity contribution in [2.45, 2.75) is 50.6 Å². The van der Waals surface area contributed by atoms with Gasteiger partial charge in [0.1, 0.15) is 6.04 Å². The first-order valence-corrected chi connectivity index (χ1v) is 10.3. The fourth-order valence-electron chi connectivity index (χ4n) is 4.90. The lowest BCUT2D eigenvalue weighted by atomic mass is 10.1. The first-order valence-electron chi connectivity index (χ1n) is 10.3. The van der Waals surface area contributed by atoms with E-state index in [-0.39, 0.29) is 11.9 Å². The molecule has 0 aliphatic carbocycles. The highest BCUT2D eigenvalue weighted by atomic mass is 16.4. The number of rotatable bonds is 4. The number of aryl methyl sites for hydroxylation is 2. The largest absolute Gasteiger partial charge is 0.465 e. The van der Waals surface area contributed by atoms with Gasteiger partial charge in [-0.25, -0.2) is 4.79 Å². The van der Waals surface area contributed by atoms with Crippen LogP contribution in [0.2, 0.25) is 0 Å². The zero-order valence-electron chi connectivity index (χ0n) is 16.7. The van der Waals surface area contributed by atoms with E-state index in [9.17, 15) is 14.7 Å². The Morgan fingerprint density at radius 1 is 1.17 bits per heavy atom. The van der Waals surface area contributed by atoms with Crippen molar-refractivity contribution in [3.8, 4) is 6.07 Å². The van der Waals surface area contributed by atoms with Crippen molar-refractivity contribution in [1.29, 1.82) is 5.26 Å². The summed E-state index contributed by atoms with van der Waals surface area (Å²) in [6.45, 7) is 1.17. The van der Waals surface area contributed by atoms with Crippen molar-refractivity contribution in [1.82, 2.24) is 14.4 Å². The predicted molar refractivity (Wildman–Crippen MR) is 108 cm³/mol. The molecule has 1 aromatic heterocycles. The lowest BCUT2D eigenvalue weighted by Gasteiger charge is -2.30. The number of likely N-dealkylation sites (tertiary alicyclic amines) is 2. The second kappa shape index (κ2) is 7.78. The number of benzene rings is 1. The van der Waals surface area contributed by atoms with Crippen LogP contribution in [0, 0.1) is 11.3 Å². The van der Waals surface area contributed by atoms with E-state index in [1.165, 1.54) is 10.6 Å². The van der Waals surface area contributed by atoms with E-state index in [1.54, 1.807) is 0 Å². The van der Waals surface area contributed by atoms with Gasteiger partial charge in [-0.1, -0.05) is 0 Å². The number of carbonyl (C=O) groups is 2. The third kappa shape index (κ3) is 3.55. The van der Waals surface area contributed by atoms with Crippen molar-refractivity contribution in [2.24, 2.45) is 7.05 Å².